The second kappa shape index (κ2) is 4.18. The Balaban J connectivity index is 2.94. The van der Waals surface area contributed by atoms with E-state index in [9.17, 15) is 4.39 Å². The van der Waals surface area contributed by atoms with Gasteiger partial charge in [0.25, 0.3) is 0 Å². The van der Waals surface area contributed by atoms with Crippen LogP contribution in [-0.4, -0.2) is 16.8 Å². The van der Waals surface area contributed by atoms with E-state index in [0.29, 0.717) is 12.0 Å². The fourth-order valence-electron chi connectivity index (χ4n) is 1.11. The van der Waals surface area contributed by atoms with Crippen molar-refractivity contribution in [2.75, 3.05) is 6.61 Å². The average Bonchev–Trinajstić information content (AvgIpc) is 2.08. The van der Waals surface area contributed by atoms with Gasteiger partial charge < -0.3 is 10.2 Å². The Bertz CT molecular complexity index is 261. The molecule has 66 valence electrons. The number of aliphatic hydroxyl groups is 2. The summed E-state index contributed by atoms with van der Waals surface area (Å²) in [7, 11) is 0. The van der Waals surface area contributed by atoms with Crippen LogP contribution in [0.25, 0.3) is 0 Å². The molecular weight excluding hydrogens is 159 g/mol. The van der Waals surface area contributed by atoms with Gasteiger partial charge in [-0.3, -0.25) is 0 Å². The minimum atomic E-state index is -0.360. The van der Waals surface area contributed by atoms with Gasteiger partial charge in [-0.2, -0.15) is 0 Å². The van der Waals surface area contributed by atoms with Gasteiger partial charge in [0.05, 0.1) is 6.61 Å². The number of aliphatic hydroxyl groups excluding tert-OH is 2. The molecule has 0 aliphatic rings. The summed E-state index contributed by atoms with van der Waals surface area (Å²) >= 11 is 0. The molecule has 0 fully saturated rings. The van der Waals surface area contributed by atoms with Crippen molar-refractivity contribution in [1.82, 2.24) is 0 Å². The molecule has 0 bridgehead atoms. The molecule has 2 N–H and O–H groups in total. The average molecular weight is 170 g/mol. The summed E-state index contributed by atoms with van der Waals surface area (Å²) in [6.07, 6.45) is 0.455. The lowest BCUT2D eigenvalue weighted by molar-refractivity contribution is 0.275. The molecule has 0 spiro atoms. The van der Waals surface area contributed by atoms with Crippen molar-refractivity contribution in [3.8, 4) is 0 Å². The van der Waals surface area contributed by atoms with Crippen LogP contribution >= 0.6 is 0 Å². The van der Waals surface area contributed by atoms with Crippen molar-refractivity contribution < 1.29 is 14.6 Å². The van der Waals surface area contributed by atoms with E-state index in [4.69, 9.17) is 10.2 Å². The molecule has 1 rings (SSSR count). The molecule has 1 aromatic rings. The molecule has 1 aromatic carbocycles. The third kappa shape index (κ3) is 2.03. The lowest BCUT2D eigenvalue weighted by Gasteiger charge is -2.04. The van der Waals surface area contributed by atoms with E-state index in [2.05, 4.69) is 0 Å². The first-order chi connectivity index (χ1) is 5.77. The number of benzene rings is 1. The highest BCUT2D eigenvalue weighted by Crippen LogP contribution is 2.11. The quantitative estimate of drug-likeness (QED) is 0.706. The Kier molecular flexibility index (Phi) is 3.19. The normalized spacial score (nSPS) is 10.2. The van der Waals surface area contributed by atoms with E-state index >= 15 is 0 Å². The van der Waals surface area contributed by atoms with Gasteiger partial charge in [-0.25, -0.2) is 4.39 Å². The second-order valence-corrected chi connectivity index (χ2v) is 2.54. The van der Waals surface area contributed by atoms with Crippen LogP contribution in [0.5, 0.6) is 0 Å². The lowest BCUT2D eigenvalue weighted by atomic mass is 10.1. The highest BCUT2D eigenvalue weighted by molar-refractivity contribution is 5.27. The molecule has 0 radical (unpaired) electrons. The van der Waals surface area contributed by atoms with Gasteiger partial charge in [-0.15, -0.1) is 0 Å². The molecule has 0 aliphatic carbocycles. The van der Waals surface area contributed by atoms with Crippen LogP contribution in [0, 0.1) is 5.82 Å². The summed E-state index contributed by atoms with van der Waals surface area (Å²) in [4.78, 5) is 0. The van der Waals surface area contributed by atoms with E-state index in [1.54, 1.807) is 6.07 Å². The zero-order chi connectivity index (χ0) is 8.97. The Morgan fingerprint density at radius 3 is 2.50 bits per heavy atom. The van der Waals surface area contributed by atoms with Crippen LogP contribution in [0.2, 0.25) is 0 Å². The van der Waals surface area contributed by atoms with E-state index in [-0.39, 0.29) is 19.0 Å². The van der Waals surface area contributed by atoms with Gasteiger partial charge >= 0.3 is 0 Å². The van der Waals surface area contributed by atoms with Gasteiger partial charge in [0, 0.05) is 6.61 Å². The fourth-order valence-corrected chi connectivity index (χ4v) is 1.11. The topological polar surface area (TPSA) is 40.5 Å². The maximum atomic E-state index is 12.6. The predicted octanol–water partition coefficient (Wildman–Crippen LogP) is 0.853. The maximum absolute atomic E-state index is 12.6. The molecule has 0 aromatic heterocycles. The SMILES string of the molecule is OCCc1ccc(F)cc1CO. The first-order valence-corrected chi connectivity index (χ1v) is 3.77. The van der Waals surface area contributed by atoms with E-state index in [0.717, 1.165) is 5.56 Å². The molecule has 0 saturated heterocycles. The summed E-state index contributed by atoms with van der Waals surface area (Å²) < 4.78 is 12.6. The van der Waals surface area contributed by atoms with E-state index < -0.39 is 0 Å². The van der Waals surface area contributed by atoms with Crippen molar-refractivity contribution >= 4 is 0 Å². The largest absolute Gasteiger partial charge is 0.396 e. The summed E-state index contributed by atoms with van der Waals surface area (Å²) in [5.74, 6) is -0.360. The Morgan fingerprint density at radius 2 is 1.92 bits per heavy atom. The standard InChI is InChI=1S/C9H11FO2/c10-9-2-1-7(3-4-11)8(5-9)6-12/h1-2,5,11-12H,3-4,6H2. The summed E-state index contributed by atoms with van der Waals surface area (Å²) in [6, 6.07) is 4.19. The number of rotatable bonds is 3. The van der Waals surface area contributed by atoms with E-state index in [1.807, 2.05) is 0 Å². The predicted molar refractivity (Wildman–Crippen MR) is 43.1 cm³/mol. The maximum Gasteiger partial charge on any atom is 0.123 e. The van der Waals surface area contributed by atoms with Crippen molar-refractivity contribution in [1.29, 1.82) is 0 Å². The molecule has 0 unspecified atom stereocenters. The summed E-state index contributed by atoms with van der Waals surface area (Å²) in [5.41, 5.74) is 1.34. The van der Waals surface area contributed by atoms with E-state index in [1.165, 1.54) is 12.1 Å². The minimum Gasteiger partial charge on any atom is -0.396 e. The van der Waals surface area contributed by atoms with Gasteiger partial charge in [-0.05, 0) is 29.7 Å². The van der Waals surface area contributed by atoms with Crippen molar-refractivity contribution in [2.45, 2.75) is 13.0 Å². The molecule has 0 saturated carbocycles. The number of hydrogen-bond donors (Lipinski definition) is 2. The Hall–Kier alpha value is -0.930. The third-order valence-electron chi connectivity index (χ3n) is 1.72. The summed E-state index contributed by atoms with van der Waals surface area (Å²) in [6.45, 7) is -0.175. The van der Waals surface area contributed by atoms with Crippen molar-refractivity contribution in [3.05, 3.63) is 35.1 Å². The molecule has 0 aliphatic heterocycles. The monoisotopic (exact) mass is 170 g/mol. The highest BCUT2D eigenvalue weighted by Gasteiger charge is 2.01. The molecule has 3 heteroatoms. The van der Waals surface area contributed by atoms with Crippen LogP contribution < -0.4 is 0 Å². The Morgan fingerprint density at radius 1 is 1.17 bits per heavy atom. The summed E-state index contributed by atoms with van der Waals surface area (Å²) in [5, 5.41) is 17.5. The molecule has 12 heavy (non-hydrogen) atoms. The molecule has 0 heterocycles. The van der Waals surface area contributed by atoms with Gasteiger partial charge in [0.1, 0.15) is 5.82 Å². The van der Waals surface area contributed by atoms with Crippen molar-refractivity contribution in [3.63, 3.8) is 0 Å². The van der Waals surface area contributed by atoms with Gasteiger partial charge in [0.15, 0.2) is 0 Å². The second-order valence-electron chi connectivity index (χ2n) is 2.54. The van der Waals surface area contributed by atoms with Crippen LogP contribution in [0.4, 0.5) is 4.39 Å². The first kappa shape index (κ1) is 9.16. The lowest BCUT2D eigenvalue weighted by Crippen LogP contribution is -1.98. The van der Waals surface area contributed by atoms with Gasteiger partial charge in [0.2, 0.25) is 0 Å². The molecular formula is C9H11FO2. The van der Waals surface area contributed by atoms with Crippen LogP contribution in [-0.2, 0) is 13.0 Å². The fraction of sp³-hybridized carbons (Fsp3) is 0.333. The van der Waals surface area contributed by atoms with Crippen LogP contribution in [0.3, 0.4) is 0 Å². The van der Waals surface area contributed by atoms with Crippen LogP contribution in [0.1, 0.15) is 11.1 Å². The first-order valence-electron chi connectivity index (χ1n) is 3.77. The van der Waals surface area contributed by atoms with Crippen molar-refractivity contribution in [2.24, 2.45) is 0 Å². The smallest absolute Gasteiger partial charge is 0.123 e. The zero-order valence-electron chi connectivity index (χ0n) is 6.63. The highest BCUT2D eigenvalue weighted by atomic mass is 19.1. The Labute approximate surface area is 70.3 Å². The van der Waals surface area contributed by atoms with Gasteiger partial charge in [-0.1, -0.05) is 6.07 Å². The molecule has 2 nitrogen and oxygen atoms in total. The molecule has 0 atom stereocenters. The molecule has 0 amide bonds. The minimum absolute atomic E-state index is 0.0125. The number of halogens is 1. The number of hydrogen-bond acceptors (Lipinski definition) is 2. The van der Waals surface area contributed by atoms with Crippen LogP contribution in [0.15, 0.2) is 18.2 Å². The third-order valence-corrected chi connectivity index (χ3v) is 1.72. The zero-order valence-corrected chi connectivity index (χ0v) is 6.63.